The minimum Gasteiger partial charge on any atom is -0.497 e. The van der Waals surface area contributed by atoms with E-state index in [2.05, 4.69) is 10.6 Å². The number of anilines is 2. The molecule has 0 aliphatic carbocycles. The van der Waals surface area contributed by atoms with E-state index in [1.54, 1.807) is 32.4 Å². The molecule has 0 fully saturated rings. The Labute approximate surface area is 237 Å². The first-order valence-electron chi connectivity index (χ1n) is 12.7. The summed E-state index contributed by atoms with van der Waals surface area (Å²) in [7, 11) is 3.13. The molecule has 0 bridgehead atoms. The highest BCUT2D eigenvalue weighted by Gasteiger charge is 2.23. The number of carbonyl (C=O) groups is 2. The Morgan fingerprint density at radius 1 is 0.700 bits per heavy atom. The number of methoxy groups -OCH3 is 2. The standard InChI is InChI=1S/C33H28N2O4S/c1-38-27-16-19-29(30(21-27)39-2)35-33(37)31(23-9-4-3-5-10-23)40-28-17-14-26(15-18-28)34-32(36)25-13-12-22-8-6-7-11-24(22)20-25/h3-21,31H,1-2H3,(H,34,36)(H,35,37). The third-order valence-corrected chi connectivity index (χ3v) is 7.65. The molecule has 7 heteroatoms. The fourth-order valence-electron chi connectivity index (χ4n) is 4.29. The van der Waals surface area contributed by atoms with Crippen molar-refractivity contribution in [3.8, 4) is 11.5 Å². The maximum Gasteiger partial charge on any atom is 0.255 e. The number of benzene rings is 5. The van der Waals surface area contributed by atoms with Crippen LogP contribution in [0.2, 0.25) is 0 Å². The minimum absolute atomic E-state index is 0.180. The molecule has 2 amide bonds. The summed E-state index contributed by atoms with van der Waals surface area (Å²) in [6, 6.07) is 35.9. The van der Waals surface area contributed by atoms with Gasteiger partial charge in [0.15, 0.2) is 0 Å². The second kappa shape index (κ2) is 12.4. The Bertz CT molecular complexity index is 1640. The Morgan fingerprint density at radius 3 is 2.15 bits per heavy atom. The maximum atomic E-state index is 13.5. The summed E-state index contributed by atoms with van der Waals surface area (Å²) in [6.07, 6.45) is 0. The molecule has 5 aromatic rings. The number of hydrogen-bond donors (Lipinski definition) is 2. The number of nitrogens with one attached hydrogen (secondary N) is 2. The van der Waals surface area contributed by atoms with Gasteiger partial charge in [-0.2, -0.15) is 0 Å². The van der Waals surface area contributed by atoms with Gasteiger partial charge in [0, 0.05) is 22.2 Å². The second-order valence-corrected chi connectivity index (χ2v) is 10.2. The summed E-state index contributed by atoms with van der Waals surface area (Å²) in [6.45, 7) is 0. The van der Waals surface area contributed by atoms with Gasteiger partial charge in [0.25, 0.3) is 5.91 Å². The van der Waals surface area contributed by atoms with Gasteiger partial charge in [-0.25, -0.2) is 0 Å². The molecule has 2 N–H and O–H groups in total. The molecule has 5 aromatic carbocycles. The van der Waals surface area contributed by atoms with Gasteiger partial charge in [-0.15, -0.1) is 11.8 Å². The lowest BCUT2D eigenvalue weighted by Crippen LogP contribution is -2.19. The molecule has 200 valence electrons. The van der Waals surface area contributed by atoms with Crippen molar-refractivity contribution in [3.63, 3.8) is 0 Å². The van der Waals surface area contributed by atoms with Crippen LogP contribution in [0.1, 0.15) is 21.2 Å². The smallest absolute Gasteiger partial charge is 0.255 e. The summed E-state index contributed by atoms with van der Waals surface area (Å²) in [5, 5.41) is 7.54. The van der Waals surface area contributed by atoms with E-state index in [1.807, 2.05) is 97.1 Å². The van der Waals surface area contributed by atoms with E-state index in [0.717, 1.165) is 21.2 Å². The van der Waals surface area contributed by atoms with Gasteiger partial charge in [0.2, 0.25) is 5.91 Å². The zero-order chi connectivity index (χ0) is 27.9. The molecule has 0 radical (unpaired) electrons. The number of fused-ring (bicyclic) bond motifs is 1. The van der Waals surface area contributed by atoms with Crippen LogP contribution in [0, 0.1) is 0 Å². The third kappa shape index (κ3) is 6.27. The average molecular weight is 549 g/mol. The van der Waals surface area contributed by atoms with E-state index in [9.17, 15) is 9.59 Å². The van der Waals surface area contributed by atoms with Crippen molar-refractivity contribution < 1.29 is 19.1 Å². The SMILES string of the molecule is COc1ccc(NC(=O)C(Sc2ccc(NC(=O)c3ccc4ccccc4c3)cc2)c2ccccc2)c(OC)c1. The quantitative estimate of drug-likeness (QED) is 0.186. The van der Waals surface area contributed by atoms with Crippen molar-refractivity contribution >= 4 is 45.7 Å². The van der Waals surface area contributed by atoms with Crippen LogP contribution in [-0.2, 0) is 4.79 Å². The van der Waals surface area contributed by atoms with Gasteiger partial charge in [-0.3, -0.25) is 9.59 Å². The van der Waals surface area contributed by atoms with E-state index in [-0.39, 0.29) is 11.8 Å². The molecule has 0 heterocycles. The first-order chi connectivity index (χ1) is 19.5. The molecule has 6 nitrogen and oxygen atoms in total. The van der Waals surface area contributed by atoms with Crippen LogP contribution in [0.4, 0.5) is 11.4 Å². The van der Waals surface area contributed by atoms with Crippen LogP contribution in [0.5, 0.6) is 11.5 Å². The summed E-state index contributed by atoms with van der Waals surface area (Å²) in [5.41, 5.74) is 2.69. The number of hydrogen-bond acceptors (Lipinski definition) is 5. The van der Waals surface area contributed by atoms with Gasteiger partial charge in [0.1, 0.15) is 16.7 Å². The van der Waals surface area contributed by atoms with E-state index in [1.165, 1.54) is 11.8 Å². The summed E-state index contributed by atoms with van der Waals surface area (Å²) in [4.78, 5) is 27.3. The van der Waals surface area contributed by atoms with Crippen molar-refractivity contribution in [1.29, 1.82) is 0 Å². The highest BCUT2D eigenvalue weighted by Crippen LogP contribution is 2.38. The molecule has 0 saturated heterocycles. The normalized spacial score (nSPS) is 11.4. The van der Waals surface area contributed by atoms with Gasteiger partial charge in [-0.05, 0) is 64.9 Å². The summed E-state index contributed by atoms with van der Waals surface area (Å²) in [5.74, 6) is 0.780. The second-order valence-electron chi connectivity index (χ2n) is 9.00. The fraction of sp³-hybridized carbons (Fsp3) is 0.0909. The molecule has 0 aliphatic heterocycles. The van der Waals surface area contributed by atoms with Gasteiger partial charge in [0.05, 0.1) is 19.9 Å². The molecule has 0 spiro atoms. The lowest BCUT2D eigenvalue weighted by molar-refractivity contribution is -0.115. The van der Waals surface area contributed by atoms with Crippen LogP contribution in [0.3, 0.4) is 0 Å². The predicted octanol–water partition coefficient (Wildman–Crippen LogP) is 7.58. The Balaban J connectivity index is 1.31. The number of carbonyl (C=O) groups excluding carboxylic acids is 2. The first-order valence-corrected chi connectivity index (χ1v) is 13.6. The van der Waals surface area contributed by atoms with E-state index in [0.29, 0.717) is 28.4 Å². The molecule has 0 aliphatic rings. The summed E-state index contributed by atoms with van der Waals surface area (Å²) >= 11 is 1.43. The monoisotopic (exact) mass is 548 g/mol. The van der Waals surface area contributed by atoms with Crippen LogP contribution >= 0.6 is 11.8 Å². The molecule has 1 atom stereocenters. The molecule has 40 heavy (non-hydrogen) atoms. The number of amides is 2. The molecule has 0 saturated carbocycles. The van der Waals surface area contributed by atoms with E-state index in [4.69, 9.17) is 9.47 Å². The van der Waals surface area contributed by atoms with Gasteiger partial charge in [-0.1, -0.05) is 60.7 Å². The van der Waals surface area contributed by atoms with Crippen LogP contribution < -0.4 is 20.1 Å². The van der Waals surface area contributed by atoms with Gasteiger partial charge >= 0.3 is 0 Å². The predicted molar refractivity (Wildman–Crippen MR) is 162 cm³/mol. The molecule has 0 aromatic heterocycles. The molecular weight excluding hydrogens is 520 g/mol. The number of ether oxygens (including phenoxy) is 2. The Kier molecular flexibility index (Phi) is 8.32. The van der Waals surface area contributed by atoms with Crippen molar-refractivity contribution in [2.45, 2.75) is 10.1 Å². The topological polar surface area (TPSA) is 76.7 Å². The van der Waals surface area contributed by atoms with Crippen molar-refractivity contribution in [1.82, 2.24) is 0 Å². The minimum atomic E-state index is -0.522. The summed E-state index contributed by atoms with van der Waals surface area (Å²) < 4.78 is 10.7. The Hall–Kier alpha value is -4.75. The number of thioether (sulfide) groups is 1. The van der Waals surface area contributed by atoms with Crippen molar-refractivity contribution in [2.24, 2.45) is 0 Å². The first kappa shape index (κ1) is 26.8. The van der Waals surface area contributed by atoms with Crippen LogP contribution in [0.25, 0.3) is 10.8 Å². The molecule has 5 rings (SSSR count). The van der Waals surface area contributed by atoms with Gasteiger partial charge < -0.3 is 20.1 Å². The van der Waals surface area contributed by atoms with E-state index >= 15 is 0 Å². The average Bonchev–Trinajstić information content (AvgIpc) is 3.01. The molecule has 1 unspecified atom stereocenters. The largest absolute Gasteiger partial charge is 0.497 e. The highest BCUT2D eigenvalue weighted by atomic mass is 32.2. The Morgan fingerprint density at radius 2 is 1.43 bits per heavy atom. The molecular formula is C33H28N2O4S. The zero-order valence-corrected chi connectivity index (χ0v) is 22.9. The fourth-order valence-corrected chi connectivity index (χ4v) is 5.31. The maximum absolute atomic E-state index is 13.5. The van der Waals surface area contributed by atoms with Crippen LogP contribution in [0.15, 0.2) is 120 Å². The van der Waals surface area contributed by atoms with E-state index < -0.39 is 5.25 Å². The highest BCUT2D eigenvalue weighted by molar-refractivity contribution is 8.00. The zero-order valence-electron chi connectivity index (χ0n) is 22.1. The number of rotatable bonds is 9. The van der Waals surface area contributed by atoms with Crippen molar-refractivity contribution in [2.75, 3.05) is 24.9 Å². The van der Waals surface area contributed by atoms with Crippen molar-refractivity contribution in [3.05, 3.63) is 126 Å². The third-order valence-electron chi connectivity index (χ3n) is 6.38. The lowest BCUT2D eigenvalue weighted by atomic mass is 10.1. The lowest BCUT2D eigenvalue weighted by Gasteiger charge is -2.19. The van der Waals surface area contributed by atoms with Crippen LogP contribution in [-0.4, -0.2) is 26.0 Å².